The molecular weight excluding hydrogens is 348 g/mol. The molecule has 8 nitrogen and oxygen atoms in total. The number of aromatic nitrogens is 3. The predicted molar refractivity (Wildman–Crippen MR) is 79.4 cm³/mol. The summed E-state index contributed by atoms with van der Waals surface area (Å²) < 4.78 is 53.8. The maximum absolute atomic E-state index is 13.8. The van der Waals surface area contributed by atoms with Crippen LogP contribution in [0.3, 0.4) is 0 Å². The average Bonchev–Trinajstić information content (AvgIpc) is 2.88. The number of benzene rings is 1. The Kier molecular flexibility index (Phi) is 6.49. The Morgan fingerprint density at radius 2 is 1.96 bits per heavy atom. The highest BCUT2D eigenvalue weighted by atomic mass is 32.2. The monoisotopic (exact) mass is 365 g/mol. The summed E-state index contributed by atoms with van der Waals surface area (Å²) in [5.41, 5.74) is -2.12. The Bertz CT molecular complexity index is 760. The number of aliphatic hydroxyl groups excluding tert-OH is 1. The average molecular weight is 365 g/mol. The van der Waals surface area contributed by atoms with Crippen molar-refractivity contribution >= 4 is 10.1 Å². The van der Waals surface area contributed by atoms with E-state index in [0.717, 1.165) is 12.1 Å². The third-order valence-electron chi connectivity index (χ3n) is 2.96. The zero-order valence-corrected chi connectivity index (χ0v) is 13.7. The summed E-state index contributed by atoms with van der Waals surface area (Å²) >= 11 is 0. The van der Waals surface area contributed by atoms with E-state index >= 15 is 0 Å². The van der Waals surface area contributed by atoms with E-state index in [-0.39, 0.29) is 12.1 Å². The maximum atomic E-state index is 13.8. The van der Waals surface area contributed by atoms with Crippen LogP contribution in [0.25, 0.3) is 0 Å². The SMILES string of the molecule is CC(O)[C@](O)(Cn1cncn1)c1ccc(F)cc1F.CS(=O)(=O)O. The van der Waals surface area contributed by atoms with Crippen molar-refractivity contribution in [3.05, 3.63) is 48.1 Å². The Balaban J connectivity index is 0.000000505. The van der Waals surface area contributed by atoms with Crippen LogP contribution in [-0.2, 0) is 22.3 Å². The standard InChI is InChI=1S/C12H13F2N3O2.CH4O3S/c1-8(18)12(19,5-17-7-15-6-16-17)10-3-2-9(13)4-11(10)14;1-5(2,3)4/h2-4,6-8,18-19H,5H2,1H3;1H3,(H,2,3,4)/t8?,12-;/m1./s1. The Morgan fingerprint density at radius 1 is 1.38 bits per heavy atom. The van der Waals surface area contributed by atoms with Gasteiger partial charge in [0.25, 0.3) is 10.1 Å². The molecule has 0 spiro atoms. The van der Waals surface area contributed by atoms with Gasteiger partial charge in [0.15, 0.2) is 0 Å². The summed E-state index contributed by atoms with van der Waals surface area (Å²) in [6, 6.07) is 2.78. The number of aliphatic hydroxyl groups is 2. The number of rotatable bonds is 4. The third kappa shape index (κ3) is 5.92. The van der Waals surface area contributed by atoms with Crippen molar-refractivity contribution in [2.24, 2.45) is 0 Å². The largest absolute Gasteiger partial charge is 0.390 e. The quantitative estimate of drug-likeness (QED) is 0.667. The van der Waals surface area contributed by atoms with E-state index in [0.29, 0.717) is 12.3 Å². The van der Waals surface area contributed by atoms with Gasteiger partial charge in [-0.3, -0.25) is 4.55 Å². The molecule has 1 unspecified atom stereocenters. The van der Waals surface area contributed by atoms with E-state index in [4.69, 9.17) is 4.55 Å². The molecule has 0 bridgehead atoms. The van der Waals surface area contributed by atoms with Gasteiger partial charge in [0.2, 0.25) is 0 Å². The van der Waals surface area contributed by atoms with Crippen LogP contribution >= 0.6 is 0 Å². The molecule has 0 amide bonds. The molecule has 0 radical (unpaired) electrons. The number of halogens is 2. The first kappa shape index (κ1) is 20.1. The van der Waals surface area contributed by atoms with E-state index in [1.807, 2.05) is 0 Å². The molecule has 3 N–H and O–H groups in total. The smallest absolute Gasteiger partial charge is 0.261 e. The van der Waals surface area contributed by atoms with Gasteiger partial charge in [-0.2, -0.15) is 13.5 Å². The molecule has 2 rings (SSSR count). The zero-order valence-electron chi connectivity index (χ0n) is 12.8. The molecule has 0 aliphatic carbocycles. The van der Waals surface area contributed by atoms with E-state index in [1.165, 1.54) is 24.3 Å². The van der Waals surface area contributed by atoms with E-state index in [1.54, 1.807) is 0 Å². The van der Waals surface area contributed by atoms with Gasteiger partial charge < -0.3 is 10.2 Å². The van der Waals surface area contributed by atoms with Gasteiger partial charge in [0.05, 0.1) is 18.9 Å². The summed E-state index contributed by atoms with van der Waals surface area (Å²) in [6.45, 7) is 1.12. The topological polar surface area (TPSA) is 126 Å². The Labute approximate surface area is 137 Å². The first-order chi connectivity index (χ1) is 10.9. The fourth-order valence-electron chi connectivity index (χ4n) is 1.84. The molecule has 0 aliphatic rings. The maximum Gasteiger partial charge on any atom is 0.261 e. The highest BCUT2D eigenvalue weighted by Gasteiger charge is 2.38. The van der Waals surface area contributed by atoms with Gasteiger partial charge in [-0.05, 0) is 13.0 Å². The summed E-state index contributed by atoms with van der Waals surface area (Å²) in [5, 5.41) is 24.0. The van der Waals surface area contributed by atoms with E-state index in [2.05, 4.69) is 10.1 Å². The molecule has 11 heteroatoms. The fraction of sp³-hybridized carbons (Fsp3) is 0.385. The molecule has 1 aromatic carbocycles. The van der Waals surface area contributed by atoms with Crippen molar-refractivity contribution in [1.29, 1.82) is 0 Å². The van der Waals surface area contributed by atoms with E-state index in [9.17, 15) is 27.4 Å². The van der Waals surface area contributed by atoms with Crippen LogP contribution in [0.1, 0.15) is 12.5 Å². The molecule has 0 aliphatic heterocycles. The summed E-state index contributed by atoms with van der Waals surface area (Å²) in [5.74, 6) is -1.68. The molecule has 134 valence electrons. The molecule has 0 fully saturated rings. The van der Waals surface area contributed by atoms with Crippen molar-refractivity contribution in [1.82, 2.24) is 14.8 Å². The molecule has 2 aromatic rings. The molecule has 0 saturated carbocycles. The van der Waals surface area contributed by atoms with Crippen LogP contribution in [0.5, 0.6) is 0 Å². The minimum Gasteiger partial charge on any atom is -0.390 e. The van der Waals surface area contributed by atoms with Gasteiger partial charge in [-0.15, -0.1) is 0 Å². The van der Waals surface area contributed by atoms with Crippen LogP contribution < -0.4 is 0 Å². The number of hydrogen-bond donors (Lipinski definition) is 3. The molecule has 0 saturated heterocycles. The summed E-state index contributed by atoms with van der Waals surface area (Å²) in [6.07, 6.45) is 2.02. The molecular formula is C13H17F2N3O5S. The lowest BCUT2D eigenvalue weighted by Gasteiger charge is -2.31. The lowest BCUT2D eigenvalue weighted by Crippen LogP contribution is -2.42. The van der Waals surface area contributed by atoms with Crippen molar-refractivity contribution in [2.45, 2.75) is 25.2 Å². The lowest BCUT2D eigenvalue weighted by atomic mass is 9.88. The minimum atomic E-state index is -3.67. The van der Waals surface area contributed by atoms with Crippen molar-refractivity contribution < 1.29 is 32.0 Å². The van der Waals surface area contributed by atoms with Gasteiger partial charge in [-0.25, -0.2) is 18.4 Å². The van der Waals surface area contributed by atoms with Crippen LogP contribution in [0.15, 0.2) is 30.9 Å². The van der Waals surface area contributed by atoms with Crippen LogP contribution in [0, 0.1) is 11.6 Å². The second-order valence-corrected chi connectivity index (χ2v) is 6.52. The number of hydrogen-bond acceptors (Lipinski definition) is 6. The van der Waals surface area contributed by atoms with Gasteiger partial charge in [0, 0.05) is 11.6 Å². The van der Waals surface area contributed by atoms with Crippen LogP contribution in [-0.4, -0.2) is 50.3 Å². The van der Waals surface area contributed by atoms with Crippen LogP contribution in [0.4, 0.5) is 8.78 Å². The fourth-order valence-corrected chi connectivity index (χ4v) is 1.84. The minimum absolute atomic E-state index is 0.195. The summed E-state index contributed by atoms with van der Waals surface area (Å²) in [7, 11) is -3.67. The van der Waals surface area contributed by atoms with E-state index < -0.39 is 33.5 Å². The molecule has 1 heterocycles. The van der Waals surface area contributed by atoms with Crippen molar-refractivity contribution in [3.8, 4) is 0 Å². The summed E-state index contributed by atoms with van der Waals surface area (Å²) in [4.78, 5) is 3.70. The van der Waals surface area contributed by atoms with Crippen LogP contribution in [0.2, 0.25) is 0 Å². The van der Waals surface area contributed by atoms with Gasteiger partial charge in [-0.1, -0.05) is 6.07 Å². The first-order valence-corrected chi connectivity index (χ1v) is 8.39. The number of nitrogens with zero attached hydrogens (tertiary/aromatic N) is 3. The first-order valence-electron chi connectivity index (χ1n) is 6.54. The van der Waals surface area contributed by atoms with Gasteiger partial charge in [0.1, 0.15) is 29.9 Å². The lowest BCUT2D eigenvalue weighted by molar-refractivity contribution is -0.0874. The van der Waals surface area contributed by atoms with Gasteiger partial charge >= 0.3 is 0 Å². The third-order valence-corrected chi connectivity index (χ3v) is 2.96. The molecule has 24 heavy (non-hydrogen) atoms. The second-order valence-electron chi connectivity index (χ2n) is 5.05. The van der Waals surface area contributed by atoms with Crippen molar-refractivity contribution in [2.75, 3.05) is 6.26 Å². The normalized spacial score (nSPS) is 15.1. The molecule has 2 atom stereocenters. The highest BCUT2D eigenvalue weighted by molar-refractivity contribution is 7.85. The molecule has 1 aromatic heterocycles. The predicted octanol–water partition coefficient (Wildman–Crippen LogP) is 0.329. The Morgan fingerprint density at radius 3 is 2.38 bits per heavy atom. The zero-order chi connectivity index (χ0) is 18.5. The second kappa shape index (κ2) is 7.75. The van der Waals surface area contributed by atoms with Crippen molar-refractivity contribution in [3.63, 3.8) is 0 Å². The highest BCUT2D eigenvalue weighted by Crippen LogP contribution is 2.29. The Hall–Kier alpha value is -1.95.